The molecular weight excluding hydrogens is 274 g/mol. The third-order valence-electron chi connectivity index (χ3n) is 3.11. The monoisotopic (exact) mass is 293 g/mol. The lowest BCUT2D eigenvalue weighted by Gasteiger charge is -2.24. The fourth-order valence-electron chi connectivity index (χ4n) is 2.03. The van der Waals surface area contributed by atoms with Crippen LogP contribution >= 0.6 is 0 Å². The molecule has 0 aliphatic carbocycles. The minimum atomic E-state index is -0.461. The third-order valence-corrected chi connectivity index (χ3v) is 3.11. The molecule has 0 fully saturated rings. The summed E-state index contributed by atoms with van der Waals surface area (Å²) in [5.41, 5.74) is 0.349. The van der Waals surface area contributed by atoms with Gasteiger partial charge in [0.25, 0.3) is 5.69 Å². The lowest BCUT2D eigenvalue weighted by molar-refractivity contribution is -0.384. The van der Waals surface area contributed by atoms with Crippen LogP contribution in [0.1, 0.15) is 13.8 Å². The molecule has 0 aliphatic rings. The number of benzene rings is 1. The van der Waals surface area contributed by atoms with E-state index in [1.807, 2.05) is 6.92 Å². The zero-order valence-electron chi connectivity index (χ0n) is 12.6. The van der Waals surface area contributed by atoms with Crippen molar-refractivity contribution in [3.05, 3.63) is 22.2 Å². The van der Waals surface area contributed by atoms with Gasteiger partial charge in [0, 0.05) is 19.2 Å². The topological polar surface area (TPSA) is 88.6 Å². The molecule has 1 aromatic rings. The molecule has 0 aromatic heterocycles. The van der Waals surface area contributed by atoms with Gasteiger partial charge in [-0.25, -0.2) is 0 Å². The summed E-state index contributed by atoms with van der Waals surface area (Å²) < 4.78 is 10.3. The standard InChI is InChI=1S/C14H19N3O4/c1-5-16(9-10(2)8-15)11-6-13(20-3)14(21-4)7-12(11)17(18)19/h6-7,10H,5,9H2,1-4H3. The van der Waals surface area contributed by atoms with E-state index in [1.54, 1.807) is 17.9 Å². The summed E-state index contributed by atoms with van der Waals surface area (Å²) in [6.45, 7) is 4.60. The van der Waals surface area contributed by atoms with Crippen molar-refractivity contribution in [1.29, 1.82) is 5.26 Å². The van der Waals surface area contributed by atoms with Crippen molar-refractivity contribution in [2.75, 3.05) is 32.2 Å². The summed E-state index contributed by atoms with van der Waals surface area (Å²) in [4.78, 5) is 12.6. The SMILES string of the molecule is CCN(CC(C)C#N)c1cc(OC)c(OC)cc1[N+](=O)[O-]. The van der Waals surface area contributed by atoms with Gasteiger partial charge < -0.3 is 14.4 Å². The van der Waals surface area contributed by atoms with E-state index in [4.69, 9.17) is 14.7 Å². The van der Waals surface area contributed by atoms with Crippen molar-refractivity contribution in [2.24, 2.45) is 5.92 Å². The van der Waals surface area contributed by atoms with Gasteiger partial charge in [-0.2, -0.15) is 5.26 Å². The molecule has 1 atom stereocenters. The fourth-order valence-corrected chi connectivity index (χ4v) is 2.03. The second-order valence-electron chi connectivity index (χ2n) is 4.52. The van der Waals surface area contributed by atoms with Gasteiger partial charge in [-0.3, -0.25) is 10.1 Å². The van der Waals surface area contributed by atoms with Gasteiger partial charge in [0.1, 0.15) is 5.69 Å². The van der Waals surface area contributed by atoms with E-state index in [-0.39, 0.29) is 11.6 Å². The van der Waals surface area contributed by atoms with Crippen LogP contribution in [0.4, 0.5) is 11.4 Å². The Morgan fingerprint density at radius 2 is 1.95 bits per heavy atom. The summed E-state index contributed by atoms with van der Waals surface area (Å²) in [6, 6.07) is 5.05. The van der Waals surface area contributed by atoms with Gasteiger partial charge in [0.15, 0.2) is 11.5 Å². The Morgan fingerprint density at radius 1 is 1.38 bits per heavy atom. The van der Waals surface area contributed by atoms with Gasteiger partial charge in [-0.1, -0.05) is 0 Å². The fraction of sp³-hybridized carbons (Fsp3) is 0.500. The molecule has 0 spiro atoms. The average Bonchev–Trinajstić information content (AvgIpc) is 2.50. The largest absolute Gasteiger partial charge is 0.493 e. The predicted octanol–water partition coefficient (Wildman–Crippen LogP) is 2.60. The summed E-state index contributed by atoms with van der Waals surface area (Å²) in [5, 5.41) is 20.2. The van der Waals surface area contributed by atoms with Crippen LogP contribution in [0.3, 0.4) is 0 Å². The first-order valence-corrected chi connectivity index (χ1v) is 6.53. The molecule has 21 heavy (non-hydrogen) atoms. The Labute approximate surface area is 123 Å². The molecule has 1 unspecified atom stereocenters. The highest BCUT2D eigenvalue weighted by molar-refractivity contribution is 5.69. The second kappa shape index (κ2) is 7.33. The maximum absolute atomic E-state index is 11.3. The first-order valence-electron chi connectivity index (χ1n) is 6.53. The minimum Gasteiger partial charge on any atom is -0.493 e. The summed E-state index contributed by atoms with van der Waals surface area (Å²) in [5.74, 6) is 0.483. The quantitative estimate of drug-likeness (QED) is 0.567. The van der Waals surface area contributed by atoms with Crippen molar-refractivity contribution in [1.82, 2.24) is 0 Å². The molecule has 0 bridgehead atoms. The first kappa shape index (κ1) is 16.6. The highest BCUT2D eigenvalue weighted by atomic mass is 16.6. The Balaban J connectivity index is 3.36. The molecule has 0 radical (unpaired) electrons. The molecule has 0 amide bonds. The molecule has 0 saturated heterocycles. The molecule has 1 aromatic carbocycles. The molecule has 7 nitrogen and oxygen atoms in total. The van der Waals surface area contributed by atoms with Gasteiger partial charge in [-0.05, 0) is 13.8 Å². The molecule has 7 heteroatoms. The summed E-state index contributed by atoms with van der Waals surface area (Å²) >= 11 is 0. The molecule has 114 valence electrons. The number of anilines is 1. The predicted molar refractivity (Wildman–Crippen MR) is 78.9 cm³/mol. The molecule has 0 N–H and O–H groups in total. The van der Waals surface area contributed by atoms with Crippen LogP contribution in [0.25, 0.3) is 0 Å². The van der Waals surface area contributed by atoms with Crippen LogP contribution in [-0.4, -0.2) is 32.2 Å². The minimum absolute atomic E-state index is 0.0698. The number of rotatable bonds is 7. The van der Waals surface area contributed by atoms with Crippen LogP contribution in [0.5, 0.6) is 11.5 Å². The van der Waals surface area contributed by atoms with Gasteiger partial charge in [0.05, 0.1) is 37.2 Å². The van der Waals surface area contributed by atoms with Crippen LogP contribution in [0.15, 0.2) is 12.1 Å². The van der Waals surface area contributed by atoms with Crippen molar-refractivity contribution in [3.8, 4) is 17.6 Å². The maximum Gasteiger partial charge on any atom is 0.296 e. The maximum atomic E-state index is 11.3. The molecule has 0 heterocycles. The van der Waals surface area contributed by atoms with Crippen molar-refractivity contribution < 1.29 is 14.4 Å². The second-order valence-corrected chi connectivity index (χ2v) is 4.52. The highest BCUT2D eigenvalue weighted by Crippen LogP contribution is 2.39. The number of nitro benzene ring substituents is 1. The van der Waals surface area contributed by atoms with E-state index < -0.39 is 4.92 Å². The number of hydrogen-bond acceptors (Lipinski definition) is 6. The first-order chi connectivity index (χ1) is 9.98. The molecule has 1 rings (SSSR count). The van der Waals surface area contributed by atoms with Crippen molar-refractivity contribution >= 4 is 11.4 Å². The van der Waals surface area contributed by atoms with E-state index in [0.717, 1.165) is 0 Å². The highest BCUT2D eigenvalue weighted by Gasteiger charge is 2.24. The van der Waals surface area contributed by atoms with E-state index in [0.29, 0.717) is 30.3 Å². The van der Waals surface area contributed by atoms with Crippen LogP contribution < -0.4 is 14.4 Å². The van der Waals surface area contributed by atoms with Crippen LogP contribution in [-0.2, 0) is 0 Å². The van der Waals surface area contributed by atoms with Gasteiger partial charge >= 0.3 is 0 Å². The molecule has 0 aliphatic heterocycles. The van der Waals surface area contributed by atoms with Crippen LogP contribution in [0.2, 0.25) is 0 Å². The summed E-state index contributed by atoms with van der Waals surface area (Å²) in [6.07, 6.45) is 0. The van der Waals surface area contributed by atoms with E-state index in [1.165, 1.54) is 20.3 Å². The Hall–Kier alpha value is -2.49. The average molecular weight is 293 g/mol. The molecule has 0 saturated carbocycles. The van der Waals surface area contributed by atoms with E-state index in [2.05, 4.69) is 6.07 Å². The lowest BCUT2D eigenvalue weighted by Crippen LogP contribution is -2.28. The Bertz CT molecular complexity index is 554. The summed E-state index contributed by atoms with van der Waals surface area (Å²) in [7, 11) is 2.90. The van der Waals surface area contributed by atoms with Gasteiger partial charge in [0.2, 0.25) is 0 Å². The number of nitro groups is 1. The number of nitrogens with zero attached hydrogens (tertiary/aromatic N) is 3. The van der Waals surface area contributed by atoms with Gasteiger partial charge in [-0.15, -0.1) is 0 Å². The zero-order chi connectivity index (χ0) is 16.0. The van der Waals surface area contributed by atoms with E-state index >= 15 is 0 Å². The Morgan fingerprint density at radius 3 is 2.38 bits per heavy atom. The van der Waals surface area contributed by atoms with Crippen molar-refractivity contribution in [3.63, 3.8) is 0 Å². The zero-order valence-corrected chi connectivity index (χ0v) is 12.6. The number of nitriles is 1. The van der Waals surface area contributed by atoms with Crippen molar-refractivity contribution in [2.45, 2.75) is 13.8 Å². The number of ether oxygens (including phenoxy) is 2. The normalized spacial score (nSPS) is 11.4. The lowest BCUT2D eigenvalue weighted by atomic mass is 10.1. The smallest absolute Gasteiger partial charge is 0.296 e. The van der Waals surface area contributed by atoms with E-state index in [9.17, 15) is 10.1 Å². The number of methoxy groups -OCH3 is 2. The van der Waals surface area contributed by atoms with Crippen LogP contribution in [0, 0.1) is 27.4 Å². The third kappa shape index (κ3) is 3.75. The molecular formula is C14H19N3O4. The Kier molecular flexibility index (Phi) is 5.79. The number of hydrogen-bond donors (Lipinski definition) is 0.